The maximum atomic E-state index is 13.6. The van der Waals surface area contributed by atoms with Gasteiger partial charge >= 0.3 is 5.97 Å². The topological polar surface area (TPSA) is 95.0 Å². The summed E-state index contributed by atoms with van der Waals surface area (Å²) < 4.78 is 39.7. The molecule has 1 aliphatic rings. The Balaban J connectivity index is 2.39. The van der Waals surface area contributed by atoms with Crippen LogP contribution >= 0.6 is 15.9 Å². The minimum absolute atomic E-state index is 0.0807. The number of aliphatic carboxylic acids is 1. The molecule has 10 heteroatoms. The van der Waals surface area contributed by atoms with Gasteiger partial charge in [0.15, 0.2) is 0 Å². The van der Waals surface area contributed by atoms with Crippen LogP contribution in [0.2, 0.25) is 0 Å². The number of sulfonamides is 1. The lowest BCUT2D eigenvalue weighted by atomic mass is 10.2. The van der Waals surface area contributed by atoms with Gasteiger partial charge < -0.3 is 10.0 Å². The molecule has 2 rings (SSSR count). The molecule has 1 saturated heterocycles. The van der Waals surface area contributed by atoms with Gasteiger partial charge in [0.25, 0.3) is 0 Å². The van der Waals surface area contributed by atoms with E-state index < -0.39 is 27.9 Å². The summed E-state index contributed by atoms with van der Waals surface area (Å²) in [6.07, 6.45) is 0. The minimum Gasteiger partial charge on any atom is -0.480 e. The first-order valence-corrected chi connectivity index (χ1v) is 8.83. The van der Waals surface area contributed by atoms with E-state index in [9.17, 15) is 27.5 Å². The third kappa shape index (κ3) is 3.54. The number of carboxylic acid groups (broad SMARTS) is 1. The van der Waals surface area contributed by atoms with E-state index in [4.69, 9.17) is 0 Å². The number of carboxylic acids is 1. The molecule has 0 aliphatic carbocycles. The lowest BCUT2D eigenvalue weighted by Crippen LogP contribution is -2.58. The molecule has 7 nitrogen and oxygen atoms in total. The number of halogens is 2. The average molecular weight is 409 g/mol. The van der Waals surface area contributed by atoms with E-state index in [1.54, 1.807) is 0 Å². The third-order valence-corrected chi connectivity index (χ3v) is 6.11. The number of amides is 1. The van der Waals surface area contributed by atoms with E-state index in [-0.39, 0.29) is 34.9 Å². The second kappa shape index (κ2) is 6.54. The largest absolute Gasteiger partial charge is 0.480 e. The van der Waals surface area contributed by atoms with Gasteiger partial charge in [0, 0.05) is 26.6 Å². The van der Waals surface area contributed by atoms with Crippen molar-refractivity contribution in [1.82, 2.24) is 9.21 Å². The van der Waals surface area contributed by atoms with Crippen molar-refractivity contribution in [3.63, 3.8) is 0 Å². The number of hydrogen-bond donors (Lipinski definition) is 1. The summed E-state index contributed by atoms with van der Waals surface area (Å²) in [6, 6.07) is 1.85. The van der Waals surface area contributed by atoms with Crippen LogP contribution in [0.15, 0.2) is 27.6 Å². The Morgan fingerprint density at radius 2 is 2.00 bits per heavy atom. The molecule has 0 bridgehead atoms. The molecule has 1 atom stereocenters. The summed E-state index contributed by atoms with van der Waals surface area (Å²) in [6.45, 7) is 0.948. The molecule has 126 valence electrons. The molecule has 0 saturated carbocycles. The predicted molar refractivity (Wildman–Crippen MR) is 81.7 cm³/mol. The van der Waals surface area contributed by atoms with Crippen molar-refractivity contribution in [2.24, 2.45) is 0 Å². The zero-order valence-corrected chi connectivity index (χ0v) is 14.5. The quantitative estimate of drug-likeness (QED) is 0.801. The Kier molecular flexibility index (Phi) is 5.07. The monoisotopic (exact) mass is 408 g/mol. The number of carbonyl (C=O) groups is 2. The molecule has 0 spiro atoms. The highest BCUT2D eigenvalue weighted by Crippen LogP contribution is 2.25. The van der Waals surface area contributed by atoms with Gasteiger partial charge in [-0.05, 0) is 34.1 Å². The van der Waals surface area contributed by atoms with E-state index in [0.717, 1.165) is 10.4 Å². The first-order chi connectivity index (χ1) is 10.6. The zero-order valence-electron chi connectivity index (χ0n) is 12.1. The molecule has 1 N–H and O–H groups in total. The van der Waals surface area contributed by atoms with Crippen molar-refractivity contribution in [1.29, 1.82) is 0 Å². The van der Waals surface area contributed by atoms with Crippen molar-refractivity contribution >= 4 is 37.8 Å². The summed E-state index contributed by atoms with van der Waals surface area (Å²) in [5.74, 6) is -2.46. The molecule has 23 heavy (non-hydrogen) atoms. The number of hydrogen-bond acceptors (Lipinski definition) is 4. The lowest BCUT2D eigenvalue weighted by Gasteiger charge is -2.37. The van der Waals surface area contributed by atoms with Crippen molar-refractivity contribution < 1.29 is 27.5 Å². The van der Waals surface area contributed by atoms with Crippen LogP contribution in [0.25, 0.3) is 0 Å². The fourth-order valence-corrected chi connectivity index (χ4v) is 4.14. The van der Waals surface area contributed by atoms with E-state index >= 15 is 0 Å². The van der Waals surface area contributed by atoms with E-state index in [1.807, 2.05) is 0 Å². The minimum atomic E-state index is -4.19. The number of rotatable bonds is 3. The summed E-state index contributed by atoms with van der Waals surface area (Å²) in [4.78, 5) is 23.7. The van der Waals surface area contributed by atoms with Crippen molar-refractivity contribution in [3.8, 4) is 0 Å². The Morgan fingerprint density at radius 1 is 1.35 bits per heavy atom. The molecule has 0 aromatic heterocycles. The van der Waals surface area contributed by atoms with Crippen molar-refractivity contribution in [3.05, 3.63) is 28.5 Å². The first-order valence-electron chi connectivity index (χ1n) is 6.60. The molecule has 1 heterocycles. The molecule has 1 fully saturated rings. The summed E-state index contributed by atoms with van der Waals surface area (Å²) >= 11 is 2.93. The number of nitrogens with zero attached hydrogens (tertiary/aromatic N) is 2. The molecule has 0 unspecified atom stereocenters. The van der Waals surface area contributed by atoms with Gasteiger partial charge in [-0.3, -0.25) is 9.59 Å². The van der Waals surface area contributed by atoms with Crippen molar-refractivity contribution in [2.45, 2.75) is 17.9 Å². The Labute approximate surface area is 140 Å². The van der Waals surface area contributed by atoms with Crippen LogP contribution in [-0.4, -0.2) is 60.3 Å². The number of piperazine rings is 1. The maximum Gasteiger partial charge on any atom is 0.323 e. The van der Waals surface area contributed by atoms with Gasteiger partial charge in [-0.1, -0.05) is 0 Å². The van der Waals surface area contributed by atoms with Gasteiger partial charge in [-0.2, -0.15) is 4.31 Å². The van der Waals surface area contributed by atoms with E-state index in [2.05, 4.69) is 15.9 Å². The van der Waals surface area contributed by atoms with Crippen LogP contribution in [0.3, 0.4) is 0 Å². The van der Waals surface area contributed by atoms with Crippen LogP contribution < -0.4 is 0 Å². The molecule has 1 aliphatic heterocycles. The third-order valence-electron chi connectivity index (χ3n) is 3.56. The average Bonchev–Trinajstić information content (AvgIpc) is 2.49. The molecule has 1 aromatic carbocycles. The molecular weight excluding hydrogens is 395 g/mol. The SMILES string of the molecule is CC(=O)N1CCN(S(=O)(=O)c2ccc(Br)c(F)c2)[C@@H](C(=O)O)C1. The summed E-state index contributed by atoms with van der Waals surface area (Å²) in [7, 11) is -4.19. The Hall–Kier alpha value is -1.52. The fraction of sp³-hybridized carbons (Fsp3) is 0.385. The standard InChI is InChI=1S/C13H14BrFN2O5S/c1-8(18)16-4-5-17(12(7-16)13(19)20)23(21,22)9-2-3-10(14)11(15)6-9/h2-3,6,12H,4-5,7H2,1H3,(H,19,20)/t12-/m1/s1. The van der Waals surface area contributed by atoms with E-state index in [0.29, 0.717) is 0 Å². The second-order valence-corrected chi connectivity index (χ2v) is 7.76. The molecule has 1 aromatic rings. The van der Waals surface area contributed by atoms with E-state index in [1.165, 1.54) is 24.0 Å². The van der Waals surface area contributed by atoms with Crippen molar-refractivity contribution in [2.75, 3.05) is 19.6 Å². The second-order valence-electron chi connectivity index (χ2n) is 5.01. The highest BCUT2D eigenvalue weighted by atomic mass is 79.9. The zero-order chi connectivity index (χ0) is 17.4. The van der Waals surface area contributed by atoms with Crippen LogP contribution in [-0.2, 0) is 19.6 Å². The number of carbonyl (C=O) groups excluding carboxylic acids is 1. The maximum absolute atomic E-state index is 13.6. The molecule has 1 amide bonds. The van der Waals surface area contributed by atoms with Crippen LogP contribution in [0.5, 0.6) is 0 Å². The number of benzene rings is 1. The van der Waals surface area contributed by atoms with Crippen LogP contribution in [0.4, 0.5) is 4.39 Å². The van der Waals surface area contributed by atoms with Gasteiger partial charge in [0.1, 0.15) is 11.9 Å². The van der Waals surface area contributed by atoms with Gasteiger partial charge in [-0.15, -0.1) is 0 Å². The summed E-state index contributed by atoms with van der Waals surface area (Å²) in [5.41, 5.74) is 0. The fourth-order valence-electron chi connectivity index (χ4n) is 2.31. The molecule has 0 radical (unpaired) electrons. The van der Waals surface area contributed by atoms with Gasteiger partial charge in [-0.25, -0.2) is 12.8 Å². The summed E-state index contributed by atoms with van der Waals surface area (Å²) in [5, 5.41) is 9.29. The smallest absolute Gasteiger partial charge is 0.323 e. The van der Waals surface area contributed by atoms with Gasteiger partial charge in [0.2, 0.25) is 15.9 Å². The highest BCUT2D eigenvalue weighted by Gasteiger charge is 2.41. The Morgan fingerprint density at radius 3 is 2.52 bits per heavy atom. The first kappa shape index (κ1) is 17.8. The highest BCUT2D eigenvalue weighted by molar-refractivity contribution is 9.10. The van der Waals surface area contributed by atoms with Crippen LogP contribution in [0.1, 0.15) is 6.92 Å². The Bertz CT molecular complexity index is 755. The lowest BCUT2D eigenvalue weighted by molar-refractivity contribution is -0.145. The predicted octanol–water partition coefficient (Wildman–Crippen LogP) is 0.894. The molecular formula is C13H14BrFN2O5S. The van der Waals surface area contributed by atoms with Gasteiger partial charge in [0.05, 0.1) is 9.37 Å². The normalized spacial score (nSPS) is 19.6. The van der Waals surface area contributed by atoms with Crippen LogP contribution in [0, 0.1) is 5.82 Å².